The van der Waals surface area contributed by atoms with Crippen molar-refractivity contribution in [2.75, 3.05) is 6.61 Å². The molecule has 1 aliphatic carbocycles. The monoisotopic (exact) mass is 111 g/mol. The van der Waals surface area contributed by atoms with Crippen molar-refractivity contribution >= 4 is 0 Å². The molecule has 0 aliphatic heterocycles. The maximum Gasteiger partial charge on any atom is 0.128 e. The van der Waals surface area contributed by atoms with Crippen LogP contribution < -0.4 is 5.48 Å². The maximum atomic E-state index is 4.92. The van der Waals surface area contributed by atoms with Gasteiger partial charge < -0.3 is 0 Å². The molecule has 0 aromatic heterocycles. The smallest absolute Gasteiger partial charge is 0.128 e. The van der Waals surface area contributed by atoms with Crippen LogP contribution in [0, 0.1) is 12.3 Å². The SMILES string of the molecule is C#CCONC1CC1. The van der Waals surface area contributed by atoms with Crippen LogP contribution in [0.25, 0.3) is 0 Å². The van der Waals surface area contributed by atoms with E-state index in [0.717, 1.165) is 0 Å². The zero-order valence-corrected chi connectivity index (χ0v) is 4.68. The Hall–Kier alpha value is -0.520. The minimum absolute atomic E-state index is 0.372. The molecule has 0 heterocycles. The quantitative estimate of drug-likeness (QED) is 0.321. The molecule has 1 saturated carbocycles. The van der Waals surface area contributed by atoms with E-state index < -0.39 is 0 Å². The fourth-order valence-electron chi connectivity index (χ4n) is 0.402. The molecule has 1 N–H and O–H groups in total. The molecule has 2 heteroatoms. The average Bonchev–Trinajstić information content (AvgIpc) is 2.51. The Labute approximate surface area is 49.2 Å². The Morgan fingerprint density at radius 3 is 3.00 bits per heavy atom. The van der Waals surface area contributed by atoms with Gasteiger partial charge in [0.1, 0.15) is 6.61 Å². The highest BCUT2D eigenvalue weighted by Crippen LogP contribution is 2.17. The summed E-state index contributed by atoms with van der Waals surface area (Å²) in [5.41, 5.74) is 2.82. The van der Waals surface area contributed by atoms with Crippen molar-refractivity contribution in [3.63, 3.8) is 0 Å². The lowest BCUT2D eigenvalue weighted by atomic mass is 10.7. The van der Waals surface area contributed by atoms with Crippen molar-refractivity contribution in [3.05, 3.63) is 0 Å². The van der Waals surface area contributed by atoms with Crippen LogP contribution in [-0.2, 0) is 4.84 Å². The maximum absolute atomic E-state index is 4.92. The molecule has 0 saturated heterocycles. The third kappa shape index (κ3) is 1.97. The number of hydrogen-bond acceptors (Lipinski definition) is 2. The minimum atomic E-state index is 0.372. The van der Waals surface area contributed by atoms with E-state index in [4.69, 9.17) is 11.3 Å². The molecule has 2 nitrogen and oxygen atoms in total. The van der Waals surface area contributed by atoms with Gasteiger partial charge in [-0.1, -0.05) is 5.92 Å². The summed E-state index contributed by atoms with van der Waals surface area (Å²) in [4.78, 5) is 4.82. The standard InChI is InChI=1S/C6H9NO/c1-2-5-8-7-6-3-4-6/h1,6-7H,3-5H2. The van der Waals surface area contributed by atoms with Crippen LogP contribution in [0.1, 0.15) is 12.8 Å². The summed E-state index contributed by atoms with van der Waals surface area (Å²) < 4.78 is 0. The van der Waals surface area contributed by atoms with Crippen LogP contribution in [0.5, 0.6) is 0 Å². The molecule has 0 aromatic carbocycles. The second-order valence-electron chi connectivity index (χ2n) is 1.88. The van der Waals surface area contributed by atoms with Crippen molar-refractivity contribution in [3.8, 4) is 12.3 Å². The van der Waals surface area contributed by atoms with Gasteiger partial charge in [0.15, 0.2) is 0 Å². The highest BCUT2D eigenvalue weighted by molar-refractivity contribution is 4.83. The van der Waals surface area contributed by atoms with Gasteiger partial charge in [0.2, 0.25) is 0 Å². The van der Waals surface area contributed by atoms with Gasteiger partial charge in [-0.2, -0.15) is 5.48 Å². The molecule has 0 unspecified atom stereocenters. The van der Waals surface area contributed by atoms with Crippen molar-refractivity contribution in [2.45, 2.75) is 18.9 Å². The highest BCUT2D eigenvalue weighted by Gasteiger charge is 2.20. The van der Waals surface area contributed by atoms with Crippen LogP contribution in [0.15, 0.2) is 0 Å². The van der Waals surface area contributed by atoms with Crippen LogP contribution in [0.2, 0.25) is 0 Å². The van der Waals surface area contributed by atoms with Crippen LogP contribution >= 0.6 is 0 Å². The van der Waals surface area contributed by atoms with Crippen molar-refractivity contribution in [1.29, 1.82) is 0 Å². The summed E-state index contributed by atoms with van der Waals surface area (Å²) in [6.07, 6.45) is 7.37. The number of rotatable bonds is 3. The molecule has 0 atom stereocenters. The number of nitrogens with one attached hydrogen (secondary N) is 1. The summed E-state index contributed by atoms with van der Waals surface area (Å²) in [5.74, 6) is 2.37. The lowest BCUT2D eigenvalue weighted by Gasteiger charge is -1.96. The number of terminal acetylenes is 1. The molecule has 1 aliphatic rings. The molecular formula is C6H9NO. The van der Waals surface area contributed by atoms with E-state index in [1.807, 2.05) is 0 Å². The van der Waals surface area contributed by atoms with E-state index in [1.54, 1.807) is 0 Å². The highest BCUT2D eigenvalue weighted by atomic mass is 16.6. The summed E-state index contributed by atoms with van der Waals surface area (Å²) >= 11 is 0. The van der Waals surface area contributed by atoms with Gasteiger partial charge in [0.05, 0.1) is 0 Å². The molecule has 0 radical (unpaired) electrons. The molecule has 0 aromatic rings. The zero-order chi connectivity index (χ0) is 5.82. The van der Waals surface area contributed by atoms with Gasteiger partial charge in [-0.25, -0.2) is 0 Å². The normalized spacial score (nSPS) is 17.9. The first kappa shape index (κ1) is 5.61. The van der Waals surface area contributed by atoms with E-state index in [1.165, 1.54) is 12.8 Å². The van der Waals surface area contributed by atoms with Crippen LogP contribution in [0.3, 0.4) is 0 Å². The van der Waals surface area contributed by atoms with Crippen molar-refractivity contribution in [1.82, 2.24) is 5.48 Å². The van der Waals surface area contributed by atoms with Crippen molar-refractivity contribution < 1.29 is 4.84 Å². The summed E-state index contributed by atoms with van der Waals surface area (Å²) in [7, 11) is 0. The average molecular weight is 111 g/mol. The van der Waals surface area contributed by atoms with E-state index in [0.29, 0.717) is 12.6 Å². The molecule has 0 spiro atoms. The molecule has 1 fully saturated rings. The van der Waals surface area contributed by atoms with Crippen LogP contribution in [0.4, 0.5) is 0 Å². The van der Waals surface area contributed by atoms with Gasteiger partial charge >= 0.3 is 0 Å². The Balaban J connectivity index is 1.83. The number of hydrogen-bond donors (Lipinski definition) is 1. The predicted octanol–water partition coefficient (Wildman–Crippen LogP) is 0.303. The number of hydroxylamine groups is 1. The van der Waals surface area contributed by atoms with E-state index in [9.17, 15) is 0 Å². The largest absolute Gasteiger partial charge is 0.289 e. The van der Waals surface area contributed by atoms with Crippen molar-refractivity contribution in [2.24, 2.45) is 0 Å². The lowest BCUT2D eigenvalue weighted by Crippen LogP contribution is -2.16. The van der Waals surface area contributed by atoms with E-state index >= 15 is 0 Å². The van der Waals surface area contributed by atoms with Gasteiger partial charge in [-0.15, -0.1) is 6.42 Å². The third-order valence-electron chi connectivity index (χ3n) is 0.983. The fraction of sp³-hybridized carbons (Fsp3) is 0.667. The van der Waals surface area contributed by atoms with Gasteiger partial charge in [0.25, 0.3) is 0 Å². The van der Waals surface area contributed by atoms with Gasteiger partial charge in [-0.3, -0.25) is 4.84 Å². The third-order valence-corrected chi connectivity index (χ3v) is 0.983. The fourth-order valence-corrected chi connectivity index (χ4v) is 0.402. The topological polar surface area (TPSA) is 21.3 Å². The van der Waals surface area contributed by atoms with Gasteiger partial charge in [0, 0.05) is 6.04 Å². The molecule has 1 rings (SSSR count). The molecular weight excluding hydrogens is 102 g/mol. The van der Waals surface area contributed by atoms with E-state index in [-0.39, 0.29) is 0 Å². The Bertz CT molecular complexity index is 102. The Kier molecular flexibility index (Phi) is 1.90. The second-order valence-corrected chi connectivity index (χ2v) is 1.88. The first-order valence-electron chi connectivity index (χ1n) is 2.74. The molecule has 0 bridgehead atoms. The molecule has 0 amide bonds. The predicted molar refractivity (Wildman–Crippen MR) is 30.9 cm³/mol. The zero-order valence-electron chi connectivity index (χ0n) is 4.68. The lowest BCUT2D eigenvalue weighted by molar-refractivity contribution is 0.0612. The summed E-state index contributed by atoms with van der Waals surface area (Å²) in [6, 6.07) is 0.586. The first-order valence-corrected chi connectivity index (χ1v) is 2.74. The Morgan fingerprint density at radius 2 is 2.50 bits per heavy atom. The van der Waals surface area contributed by atoms with Crippen LogP contribution in [-0.4, -0.2) is 12.6 Å². The summed E-state index contributed by atoms with van der Waals surface area (Å²) in [6.45, 7) is 0.372. The minimum Gasteiger partial charge on any atom is -0.289 e. The molecule has 8 heavy (non-hydrogen) atoms. The van der Waals surface area contributed by atoms with E-state index in [2.05, 4.69) is 11.4 Å². The molecule has 44 valence electrons. The first-order chi connectivity index (χ1) is 3.93. The summed E-state index contributed by atoms with van der Waals surface area (Å²) in [5, 5.41) is 0. The second kappa shape index (κ2) is 2.71. The Morgan fingerprint density at radius 1 is 1.75 bits per heavy atom. The van der Waals surface area contributed by atoms with Gasteiger partial charge in [-0.05, 0) is 12.8 Å².